The van der Waals surface area contributed by atoms with Gasteiger partial charge in [-0.25, -0.2) is 0 Å². The number of hydrogen-bond acceptors (Lipinski definition) is 4. The van der Waals surface area contributed by atoms with Gasteiger partial charge in [0.15, 0.2) is 5.96 Å². The summed E-state index contributed by atoms with van der Waals surface area (Å²) >= 11 is 0. The van der Waals surface area contributed by atoms with E-state index < -0.39 is 0 Å². The maximum absolute atomic E-state index is 4.49. The van der Waals surface area contributed by atoms with Crippen molar-refractivity contribution in [3.05, 3.63) is 0 Å². The summed E-state index contributed by atoms with van der Waals surface area (Å²) in [6.07, 6.45) is 2.34. The zero-order valence-corrected chi connectivity index (χ0v) is 11.8. The molecule has 17 heavy (non-hydrogen) atoms. The molecule has 100 valence electrons. The van der Waals surface area contributed by atoms with Gasteiger partial charge in [-0.05, 0) is 40.2 Å². The zero-order chi connectivity index (χ0) is 12.7. The topological polar surface area (TPSA) is 39.7 Å². The first-order chi connectivity index (χ1) is 8.03. The summed E-state index contributed by atoms with van der Waals surface area (Å²) < 4.78 is 0. The number of nitrogens with zero attached hydrogens (tertiary/aromatic N) is 2. The molecule has 0 fully saturated rings. The maximum atomic E-state index is 4.49. The van der Waals surface area contributed by atoms with Crippen LogP contribution in [0.15, 0.2) is 4.99 Å². The predicted octanol–water partition coefficient (Wildman–Crippen LogP) is 1.44. The highest BCUT2D eigenvalue weighted by Gasteiger charge is 2.13. The lowest BCUT2D eigenvalue weighted by molar-refractivity contribution is 0.368. The highest BCUT2D eigenvalue weighted by Crippen LogP contribution is 2.01. The van der Waals surface area contributed by atoms with Crippen molar-refractivity contribution in [2.75, 3.05) is 32.7 Å². The maximum Gasteiger partial charge on any atom is 0.194 e. The molecule has 1 heterocycles. The summed E-state index contributed by atoms with van der Waals surface area (Å²) in [5.74, 6) is 1.10. The second-order valence-corrected chi connectivity index (χ2v) is 5.65. The standard InChI is InChI=1S/C13H28N4/c1-5-10-17(12-14-8-9-15-12)11-6-7-16-13(2,3)4/h16H,5-11H2,1-4H3,(H,14,15). The van der Waals surface area contributed by atoms with Gasteiger partial charge >= 0.3 is 0 Å². The molecule has 0 amide bonds. The highest BCUT2D eigenvalue weighted by atomic mass is 15.3. The van der Waals surface area contributed by atoms with E-state index >= 15 is 0 Å². The van der Waals surface area contributed by atoms with Gasteiger partial charge in [0.25, 0.3) is 0 Å². The van der Waals surface area contributed by atoms with Crippen LogP contribution in [0.1, 0.15) is 40.5 Å². The Hall–Kier alpha value is -0.770. The number of aliphatic imine (C=N–C) groups is 1. The number of guanidine groups is 1. The summed E-state index contributed by atoms with van der Waals surface area (Å²) in [5.41, 5.74) is 0.221. The first kappa shape index (κ1) is 14.3. The third-order valence-corrected chi connectivity index (χ3v) is 2.71. The Kier molecular flexibility index (Phi) is 5.75. The summed E-state index contributed by atoms with van der Waals surface area (Å²) in [7, 11) is 0. The summed E-state index contributed by atoms with van der Waals surface area (Å²) in [6, 6.07) is 0. The van der Waals surface area contributed by atoms with Crippen molar-refractivity contribution < 1.29 is 0 Å². The van der Waals surface area contributed by atoms with Crippen LogP contribution >= 0.6 is 0 Å². The van der Waals surface area contributed by atoms with Crippen LogP contribution in [0, 0.1) is 0 Å². The molecular weight excluding hydrogens is 212 g/mol. The van der Waals surface area contributed by atoms with Gasteiger partial charge < -0.3 is 15.5 Å². The summed E-state index contributed by atoms with van der Waals surface area (Å²) in [4.78, 5) is 6.87. The van der Waals surface area contributed by atoms with Crippen molar-refractivity contribution in [2.24, 2.45) is 4.99 Å². The van der Waals surface area contributed by atoms with Crippen molar-refractivity contribution in [3.8, 4) is 0 Å². The van der Waals surface area contributed by atoms with E-state index in [0.717, 1.165) is 45.1 Å². The van der Waals surface area contributed by atoms with E-state index in [1.807, 2.05) is 0 Å². The van der Waals surface area contributed by atoms with Gasteiger partial charge in [0.1, 0.15) is 0 Å². The Bertz CT molecular complexity index is 242. The Morgan fingerprint density at radius 1 is 1.35 bits per heavy atom. The lowest BCUT2D eigenvalue weighted by Crippen LogP contribution is -2.42. The van der Waals surface area contributed by atoms with E-state index in [9.17, 15) is 0 Å². The van der Waals surface area contributed by atoms with E-state index in [-0.39, 0.29) is 5.54 Å². The normalized spacial score (nSPS) is 15.6. The molecule has 0 atom stereocenters. The fourth-order valence-electron chi connectivity index (χ4n) is 1.92. The van der Waals surface area contributed by atoms with Crippen LogP contribution in [-0.4, -0.2) is 49.1 Å². The van der Waals surface area contributed by atoms with Crippen LogP contribution in [0.2, 0.25) is 0 Å². The molecule has 0 radical (unpaired) electrons. The van der Waals surface area contributed by atoms with Crippen LogP contribution < -0.4 is 10.6 Å². The van der Waals surface area contributed by atoms with E-state index in [0.29, 0.717) is 0 Å². The molecule has 1 aliphatic rings. The van der Waals surface area contributed by atoms with E-state index in [1.54, 1.807) is 0 Å². The molecule has 0 aromatic carbocycles. The van der Waals surface area contributed by atoms with Crippen LogP contribution in [-0.2, 0) is 0 Å². The molecule has 0 aromatic rings. The van der Waals surface area contributed by atoms with Gasteiger partial charge in [-0.3, -0.25) is 4.99 Å². The molecule has 0 unspecified atom stereocenters. The average molecular weight is 240 g/mol. The molecular formula is C13H28N4. The molecule has 0 bridgehead atoms. The minimum Gasteiger partial charge on any atom is -0.354 e. The van der Waals surface area contributed by atoms with Crippen LogP contribution in [0.25, 0.3) is 0 Å². The van der Waals surface area contributed by atoms with Crippen molar-refractivity contribution in [2.45, 2.75) is 46.1 Å². The van der Waals surface area contributed by atoms with E-state index in [1.165, 1.54) is 6.42 Å². The monoisotopic (exact) mass is 240 g/mol. The zero-order valence-electron chi connectivity index (χ0n) is 11.8. The molecule has 0 saturated heterocycles. The highest BCUT2D eigenvalue weighted by molar-refractivity contribution is 5.81. The lowest BCUT2D eigenvalue weighted by Gasteiger charge is -2.25. The Balaban J connectivity index is 2.25. The quantitative estimate of drug-likeness (QED) is 0.690. The Labute approximate surface area is 106 Å². The molecule has 2 N–H and O–H groups in total. The van der Waals surface area contributed by atoms with Gasteiger partial charge in [-0.2, -0.15) is 0 Å². The van der Waals surface area contributed by atoms with Crippen molar-refractivity contribution >= 4 is 5.96 Å². The fourth-order valence-corrected chi connectivity index (χ4v) is 1.92. The Morgan fingerprint density at radius 3 is 2.65 bits per heavy atom. The molecule has 0 spiro atoms. The van der Waals surface area contributed by atoms with Gasteiger partial charge in [0, 0.05) is 25.2 Å². The van der Waals surface area contributed by atoms with Gasteiger partial charge in [-0.15, -0.1) is 0 Å². The molecule has 0 aromatic heterocycles. The number of hydrogen-bond donors (Lipinski definition) is 2. The van der Waals surface area contributed by atoms with E-state index in [2.05, 4.69) is 48.2 Å². The summed E-state index contributed by atoms with van der Waals surface area (Å²) in [6.45, 7) is 14.0. The second-order valence-electron chi connectivity index (χ2n) is 5.65. The predicted molar refractivity (Wildman–Crippen MR) is 74.5 cm³/mol. The van der Waals surface area contributed by atoms with Crippen molar-refractivity contribution in [1.29, 1.82) is 0 Å². The van der Waals surface area contributed by atoms with Gasteiger partial charge in [0.05, 0.1) is 6.54 Å². The minimum atomic E-state index is 0.221. The molecule has 0 saturated carbocycles. The van der Waals surface area contributed by atoms with E-state index in [4.69, 9.17) is 0 Å². The Morgan fingerprint density at radius 2 is 2.12 bits per heavy atom. The lowest BCUT2D eigenvalue weighted by atomic mass is 10.1. The first-order valence-electron chi connectivity index (χ1n) is 6.81. The third kappa shape index (κ3) is 5.91. The average Bonchev–Trinajstić information content (AvgIpc) is 2.74. The molecule has 1 rings (SSSR count). The second kappa shape index (κ2) is 6.84. The number of nitrogens with one attached hydrogen (secondary N) is 2. The molecule has 4 nitrogen and oxygen atoms in total. The van der Waals surface area contributed by atoms with Crippen LogP contribution in [0.3, 0.4) is 0 Å². The van der Waals surface area contributed by atoms with Gasteiger partial charge in [0.2, 0.25) is 0 Å². The fraction of sp³-hybridized carbons (Fsp3) is 0.923. The minimum absolute atomic E-state index is 0.221. The third-order valence-electron chi connectivity index (χ3n) is 2.71. The molecule has 1 aliphatic heterocycles. The van der Waals surface area contributed by atoms with Gasteiger partial charge in [-0.1, -0.05) is 6.92 Å². The van der Waals surface area contributed by atoms with Crippen molar-refractivity contribution in [1.82, 2.24) is 15.5 Å². The molecule has 4 heteroatoms. The first-order valence-corrected chi connectivity index (χ1v) is 6.81. The smallest absolute Gasteiger partial charge is 0.194 e. The van der Waals surface area contributed by atoms with Crippen LogP contribution in [0.5, 0.6) is 0 Å². The van der Waals surface area contributed by atoms with Crippen LogP contribution in [0.4, 0.5) is 0 Å². The molecule has 0 aliphatic carbocycles. The largest absolute Gasteiger partial charge is 0.354 e. The summed E-state index contributed by atoms with van der Waals surface area (Å²) in [5, 5.41) is 6.88. The SMILES string of the molecule is CCCN(CCCNC(C)(C)C)C1=NCCN1. The number of rotatable bonds is 6. The van der Waals surface area contributed by atoms with Crippen molar-refractivity contribution in [3.63, 3.8) is 0 Å².